The highest BCUT2D eigenvalue weighted by Crippen LogP contribution is 2.34. The van der Waals surface area contributed by atoms with Crippen LogP contribution >= 0.6 is 0 Å². The van der Waals surface area contributed by atoms with Crippen LogP contribution in [0.2, 0.25) is 0 Å². The van der Waals surface area contributed by atoms with Gasteiger partial charge in [0.15, 0.2) is 0 Å². The van der Waals surface area contributed by atoms with E-state index in [1.807, 2.05) is 0 Å². The second kappa shape index (κ2) is 7.27. The number of hydrogen-bond acceptors (Lipinski definition) is 7. The van der Waals surface area contributed by atoms with E-state index in [1.165, 1.54) is 29.2 Å². The van der Waals surface area contributed by atoms with Crippen LogP contribution in [0.25, 0.3) is 21.8 Å². The van der Waals surface area contributed by atoms with Crippen molar-refractivity contribution in [2.75, 3.05) is 20.3 Å². The molecule has 0 spiro atoms. The van der Waals surface area contributed by atoms with Gasteiger partial charge in [0.05, 0.1) is 29.2 Å². The first-order valence-corrected chi connectivity index (χ1v) is 8.14. The monoisotopic (exact) mass is 374 g/mol. The lowest BCUT2D eigenvalue weighted by Gasteiger charge is -2.19. The molecule has 3 aromatic rings. The van der Waals surface area contributed by atoms with Gasteiger partial charge in [-0.05, 0) is 19.2 Å². The van der Waals surface area contributed by atoms with Crippen LogP contribution in [0.1, 0.15) is 0 Å². The number of likely N-dealkylation sites (N-methyl/N-ethyl adjacent to an activating group) is 1. The van der Waals surface area contributed by atoms with Crippen molar-refractivity contribution in [3.05, 3.63) is 56.6 Å². The molecular formula is C17H18N4O6. The van der Waals surface area contributed by atoms with E-state index < -0.39 is 16.0 Å². The molecule has 1 unspecified atom stereocenters. The first-order valence-electron chi connectivity index (χ1n) is 8.14. The van der Waals surface area contributed by atoms with E-state index in [0.29, 0.717) is 21.8 Å². The summed E-state index contributed by atoms with van der Waals surface area (Å²) in [6, 6.07) is 8.62. The van der Waals surface area contributed by atoms with Gasteiger partial charge in [-0.2, -0.15) is 0 Å². The number of nitro benzene ring substituents is 2. The summed E-state index contributed by atoms with van der Waals surface area (Å²) in [5.41, 5.74) is 1.02. The third-order valence-electron chi connectivity index (χ3n) is 4.41. The molecule has 27 heavy (non-hydrogen) atoms. The largest absolute Gasteiger partial charge is 0.390 e. The van der Waals surface area contributed by atoms with Crippen LogP contribution in [0.15, 0.2) is 36.4 Å². The SMILES string of the molecule is CN(CO)CC(O)Cn1c2ccc([N+](=O)[O-])cc2c2cc([N+](=O)[O-])ccc21. The van der Waals surface area contributed by atoms with Crippen LogP contribution in [0.3, 0.4) is 0 Å². The number of nitro groups is 2. The summed E-state index contributed by atoms with van der Waals surface area (Å²) >= 11 is 0. The number of aliphatic hydroxyl groups excluding tert-OH is 2. The van der Waals surface area contributed by atoms with Crippen LogP contribution in [0.4, 0.5) is 11.4 Å². The molecule has 1 aromatic heterocycles. The second-order valence-corrected chi connectivity index (χ2v) is 6.36. The second-order valence-electron chi connectivity index (χ2n) is 6.36. The minimum Gasteiger partial charge on any atom is -0.390 e. The van der Waals surface area contributed by atoms with Gasteiger partial charge >= 0.3 is 0 Å². The maximum absolute atomic E-state index is 11.1. The average Bonchev–Trinajstić information content (AvgIpc) is 2.94. The summed E-state index contributed by atoms with van der Waals surface area (Å²) in [5.74, 6) is 0. The molecule has 10 nitrogen and oxygen atoms in total. The summed E-state index contributed by atoms with van der Waals surface area (Å²) in [6.07, 6.45) is -0.814. The molecule has 0 saturated carbocycles. The van der Waals surface area contributed by atoms with Gasteiger partial charge in [-0.1, -0.05) is 0 Å². The van der Waals surface area contributed by atoms with E-state index in [2.05, 4.69) is 0 Å². The molecule has 3 rings (SSSR count). The first kappa shape index (κ1) is 18.7. The Morgan fingerprint density at radius 2 is 1.52 bits per heavy atom. The maximum Gasteiger partial charge on any atom is 0.270 e. The van der Waals surface area contributed by atoms with Gasteiger partial charge in [0.1, 0.15) is 0 Å². The van der Waals surface area contributed by atoms with Crippen LogP contribution < -0.4 is 0 Å². The Balaban J connectivity index is 2.18. The summed E-state index contributed by atoms with van der Waals surface area (Å²) in [7, 11) is 1.65. The molecule has 0 aliphatic rings. The molecule has 2 N–H and O–H groups in total. The van der Waals surface area contributed by atoms with Crippen LogP contribution in [0.5, 0.6) is 0 Å². The lowest BCUT2D eigenvalue weighted by Crippen LogP contribution is -2.32. The summed E-state index contributed by atoms with van der Waals surface area (Å²) < 4.78 is 1.77. The molecule has 0 aliphatic heterocycles. The molecule has 1 atom stereocenters. The van der Waals surface area contributed by atoms with Crippen molar-refractivity contribution in [2.45, 2.75) is 12.6 Å². The molecule has 1 heterocycles. The molecule has 0 amide bonds. The van der Waals surface area contributed by atoms with Crippen molar-refractivity contribution < 1.29 is 20.1 Å². The van der Waals surface area contributed by atoms with E-state index in [1.54, 1.807) is 23.7 Å². The standard InChI is InChI=1S/C17H18N4O6/c1-18(10-22)8-13(23)9-19-16-4-2-11(20(24)25)6-14(16)15-7-12(21(26)27)3-5-17(15)19/h2-7,13,22-23H,8-10H2,1H3. The molecule has 0 fully saturated rings. The lowest BCUT2D eigenvalue weighted by molar-refractivity contribution is -0.385. The smallest absolute Gasteiger partial charge is 0.270 e. The number of aliphatic hydroxyl groups is 2. The normalized spacial score (nSPS) is 12.7. The highest BCUT2D eigenvalue weighted by molar-refractivity contribution is 6.09. The van der Waals surface area contributed by atoms with E-state index in [4.69, 9.17) is 5.11 Å². The third-order valence-corrected chi connectivity index (χ3v) is 4.41. The van der Waals surface area contributed by atoms with Crippen molar-refractivity contribution in [1.82, 2.24) is 9.47 Å². The Kier molecular flexibility index (Phi) is 5.04. The van der Waals surface area contributed by atoms with Gasteiger partial charge in [0.2, 0.25) is 0 Å². The number of rotatable bonds is 7. The molecule has 0 radical (unpaired) electrons. The van der Waals surface area contributed by atoms with Crippen molar-refractivity contribution in [3.63, 3.8) is 0 Å². The van der Waals surface area contributed by atoms with Gasteiger partial charge in [0, 0.05) is 52.6 Å². The summed E-state index contributed by atoms with van der Waals surface area (Å²) in [4.78, 5) is 22.7. The molecular weight excluding hydrogens is 356 g/mol. The van der Waals surface area contributed by atoms with Gasteiger partial charge in [-0.3, -0.25) is 25.1 Å². The molecule has 10 heteroatoms. The highest BCUT2D eigenvalue weighted by atomic mass is 16.6. The van der Waals surface area contributed by atoms with Crippen molar-refractivity contribution in [3.8, 4) is 0 Å². The predicted octanol–water partition coefficient (Wildman–Crippen LogP) is 1.85. The van der Waals surface area contributed by atoms with Crippen molar-refractivity contribution in [2.24, 2.45) is 0 Å². The summed E-state index contributed by atoms with van der Waals surface area (Å²) in [5, 5.41) is 42.7. The van der Waals surface area contributed by atoms with Gasteiger partial charge in [0.25, 0.3) is 11.4 Å². The number of non-ortho nitro benzene ring substituents is 2. The number of aromatic nitrogens is 1. The van der Waals surface area contributed by atoms with Gasteiger partial charge in [-0.25, -0.2) is 0 Å². The Morgan fingerprint density at radius 1 is 1.04 bits per heavy atom. The Hall–Kier alpha value is -3.08. The maximum atomic E-state index is 11.1. The number of fused-ring (bicyclic) bond motifs is 3. The summed E-state index contributed by atoms with van der Waals surface area (Å²) in [6.45, 7) is 0.181. The van der Waals surface area contributed by atoms with E-state index in [9.17, 15) is 25.3 Å². The Labute approximate surface area is 153 Å². The van der Waals surface area contributed by atoms with Crippen molar-refractivity contribution >= 4 is 33.2 Å². The zero-order valence-corrected chi connectivity index (χ0v) is 14.5. The van der Waals surface area contributed by atoms with Crippen molar-refractivity contribution in [1.29, 1.82) is 0 Å². The Morgan fingerprint density at radius 3 is 1.93 bits per heavy atom. The van der Waals surface area contributed by atoms with Gasteiger partial charge in [-0.15, -0.1) is 0 Å². The topological polar surface area (TPSA) is 135 Å². The molecule has 142 valence electrons. The quantitative estimate of drug-likeness (QED) is 0.366. The molecule has 0 bridgehead atoms. The Bertz CT molecular complexity index is 960. The molecule has 0 aliphatic carbocycles. The van der Waals surface area contributed by atoms with E-state index >= 15 is 0 Å². The minimum absolute atomic E-state index is 0.117. The zero-order valence-electron chi connectivity index (χ0n) is 14.5. The highest BCUT2D eigenvalue weighted by Gasteiger charge is 2.19. The fraction of sp³-hybridized carbons (Fsp3) is 0.294. The molecule has 2 aromatic carbocycles. The molecule has 0 saturated heterocycles. The fourth-order valence-electron chi connectivity index (χ4n) is 3.19. The predicted molar refractivity (Wildman–Crippen MR) is 98.5 cm³/mol. The van der Waals surface area contributed by atoms with Gasteiger partial charge < -0.3 is 14.8 Å². The zero-order chi connectivity index (χ0) is 19.7. The number of benzene rings is 2. The van der Waals surface area contributed by atoms with Crippen LogP contribution in [-0.2, 0) is 6.54 Å². The fourth-order valence-corrected chi connectivity index (χ4v) is 3.19. The average molecular weight is 374 g/mol. The van der Waals surface area contributed by atoms with Crippen LogP contribution in [0, 0.1) is 20.2 Å². The third kappa shape index (κ3) is 3.58. The van der Waals surface area contributed by atoms with Crippen LogP contribution in [-0.4, -0.2) is 56.0 Å². The number of hydrogen-bond donors (Lipinski definition) is 2. The number of nitrogens with zero attached hydrogens (tertiary/aromatic N) is 4. The lowest BCUT2D eigenvalue weighted by atomic mass is 10.1. The van der Waals surface area contributed by atoms with E-state index in [-0.39, 0.29) is 31.2 Å². The van der Waals surface area contributed by atoms with E-state index in [0.717, 1.165) is 0 Å². The minimum atomic E-state index is -0.814. The first-order chi connectivity index (χ1) is 12.8.